The van der Waals surface area contributed by atoms with Gasteiger partial charge in [0.2, 0.25) is 0 Å². The molecule has 0 radical (unpaired) electrons. The molecular formula is C12H13NO4S. The molecule has 1 heterocycles. The number of hydrogen-bond acceptors (Lipinski definition) is 5. The second-order valence-corrected chi connectivity index (χ2v) is 6.04. The van der Waals surface area contributed by atoms with Crippen molar-refractivity contribution in [1.82, 2.24) is 0 Å². The fourth-order valence-corrected chi connectivity index (χ4v) is 4.38. The van der Waals surface area contributed by atoms with Gasteiger partial charge in [-0.05, 0) is 30.7 Å². The van der Waals surface area contributed by atoms with Crippen molar-refractivity contribution in [2.75, 3.05) is 0 Å². The monoisotopic (exact) mass is 267 g/mol. The van der Waals surface area contributed by atoms with Crippen LogP contribution in [0.25, 0.3) is 0 Å². The van der Waals surface area contributed by atoms with Crippen LogP contribution < -0.4 is 0 Å². The summed E-state index contributed by atoms with van der Waals surface area (Å²) in [5.41, 5.74) is -1.75. The number of carbonyl (C=O) groups is 1. The maximum Gasteiger partial charge on any atom is 0.256 e. The molecule has 0 unspecified atom stereocenters. The van der Waals surface area contributed by atoms with E-state index in [4.69, 9.17) is 0 Å². The fourth-order valence-electron chi connectivity index (χ4n) is 3.46. The van der Waals surface area contributed by atoms with Crippen LogP contribution in [0.2, 0.25) is 0 Å². The number of nitro groups is 1. The predicted octanol–water partition coefficient (Wildman–Crippen LogP) is 1.59. The maximum atomic E-state index is 12.2. The number of hydrogen-bond donors (Lipinski definition) is 1. The summed E-state index contributed by atoms with van der Waals surface area (Å²) in [5, 5.41) is 23.6. The van der Waals surface area contributed by atoms with E-state index in [-0.39, 0.29) is 12.2 Å². The largest absolute Gasteiger partial charge is 0.376 e. The minimum Gasteiger partial charge on any atom is -0.376 e. The van der Waals surface area contributed by atoms with Crippen LogP contribution in [0.1, 0.15) is 30.1 Å². The first-order valence-electron chi connectivity index (χ1n) is 5.99. The lowest BCUT2D eigenvalue weighted by molar-refractivity contribution is -0.542. The van der Waals surface area contributed by atoms with Crippen molar-refractivity contribution in [1.29, 1.82) is 0 Å². The molecule has 0 aromatic carbocycles. The van der Waals surface area contributed by atoms with Crippen molar-refractivity contribution >= 4 is 17.1 Å². The standard InChI is InChI=1S/C12H13NO4S/c14-11-7-3-1-5-12(11,15)10(13(16)17)9(7)8-4-2-6-18-8/h2,4,6-7,9-10,15H,1,3,5H2/t7-,9+,10+,12-/m1/s1. The topological polar surface area (TPSA) is 80.4 Å². The van der Waals surface area contributed by atoms with Crippen molar-refractivity contribution in [2.24, 2.45) is 5.92 Å². The van der Waals surface area contributed by atoms with Gasteiger partial charge in [0.15, 0.2) is 11.4 Å². The fraction of sp³-hybridized carbons (Fsp3) is 0.583. The summed E-state index contributed by atoms with van der Waals surface area (Å²) in [6.45, 7) is 0. The van der Waals surface area contributed by atoms with Gasteiger partial charge in [0.25, 0.3) is 6.04 Å². The van der Waals surface area contributed by atoms with Gasteiger partial charge in [-0.15, -0.1) is 11.3 Å². The van der Waals surface area contributed by atoms with Gasteiger partial charge in [-0.1, -0.05) is 6.07 Å². The lowest BCUT2D eigenvalue weighted by Crippen LogP contribution is -2.49. The van der Waals surface area contributed by atoms with Crippen LogP contribution in [0, 0.1) is 16.0 Å². The molecule has 3 rings (SSSR count). The lowest BCUT2D eigenvalue weighted by atomic mass is 9.83. The van der Waals surface area contributed by atoms with E-state index in [1.165, 1.54) is 11.3 Å². The third-order valence-corrected chi connectivity index (χ3v) is 5.17. The summed E-state index contributed by atoms with van der Waals surface area (Å²) in [6.07, 6.45) is 1.54. The molecule has 5 nitrogen and oxygen atoms in total. The van der Waals surface area contributed by atoms with Crippen molar-refractivity contribution < 1.29 is 14.8 Å². The molecule has 0 aliphatic heterocycles. The van der Waals surface area contributed by atoms with Gasteiger partial charge in [-0.25, -0.2) is 0 Å². The number of ketones is 1. The van der Waals surface area contributed by atoms with E-state index in [0.717, 1.165) is 4.88 Å². The minimum absolute atomic E-state index is 0.218. The molecule has 1 N–H and O–H groups in total. The Hall–Kier alpha value is -1.27. The van der Waals surface area contributed by atoms with Crippen LogP contribution in [0.15, 0.2) is 17.5 Å². The normalized spacial score (nSPS) is 38.9. The highest BCUT2D eigenvalue weighted by molar-refractivity contribution is 7.10. The van der Waals surface area contributed by atoms with E-state index >= 15 is 0 Å². The number of thiophene rings is 1. The Balaban J connectivity index is 2.12. The quantitative estimate of drug-likeness (QED) is 0.651. The van der Waals surface area contributed by atoms with E-state index in [2.05, 4.69) is 0 Å². The van der Waals surface area contributed by atoms with Crippen molar-refractivity contribution in [3.8, 4) is 0 Å². The number of rotatable bonds is 2. The summed E-state index contributed by atoms with van der Waals surface area (Å²) in [4.78, 5) is 23.9. The van der Waals surface area contributed by atoms with Gasteiger partial charge in [0, 0.05) is 15.7 Å². The van der Waals surface area contributed by atoms with Gasteiger partial charge >= 0.3 is 0 Å². The third-order valence-electron chi connectivity index (χ3n) is 4.20. The zero-order valence-electron chi connectivity index (χ0n) is 9.61. The van der Waals surface area contributed by atoms with E-state index in [0.29, 0.717) is 12.8 Å². The summed E-state index contributed by atoms with van der Waals surface area (Å²) >= 11 is 1.42. The molecule has 1 aromatic heterocycles. The van der Waals surface area contributed by atoms with Crippen LogP contribution in [0.4, 0.5) is 0 Å². The smallest absolute Gasteiger partial charge is 0.256 e. The number of fused-ring (bicyclic) bond motifs is 2. The molecule has 1 aromatic rings. The Morgan fingerprint density at radius 3 is 2.94 bits per heavy atom. The van der Waals surface area contributed by atoms with Crippen molar-refractivity contribution in [2.45, 2.75) is 36.8 Å². The van der Waals surface area contributed by atoms with Crippen LogP contribution >= 0.6 is 11.3 Å². The highest BCUT2D eigenvalue weighted by atomic mass is 32.1. The first-order chi connectivity index (χ1) is 8.55. The number of carbonyl (C=O) groups excluding carboxylic acids is 1. The molecule has 0 saturated heterocycles. The predicted molar refractivity (Wildman–Crippen MR) is 65.1 cm³/mol. The van der Waals surface area contributed by atoms with E-state index in [9.17, 15) is 20.0 Å². The second kappa shape index (κ2) is 3.86. The van der Waals surface area contributed by atoms with Gasteiger partial charge in [0.1, 0.15) is 0 Å². The minimum atomic E-state index is -1.75. The molecule has 0 spiro atoms. The first kappa shape index (κ1) is 11.8. The Kier molecular flexibility index (Phi) is 2.53. The molecule has 2 aliphatic carbocycles. The Labute approximate surface area is 108 Å². The second-order valence-electron chi connectivity index (χ2n) is 5.06. The Morgan fingerprint density at radius 2 is 2.33 bits per heavy atom. The van der Waals surface area contributed by atoms with Gasteiger partial charge in [-0.3, -0.25) is 14.9 Å². The Bertz CT molecular complexity index is 500. The number of Topliss-reactive ketones (excluding diaryl/α,β-unsaturated/α-hetero) is 1. The van der Waals surface area contributed by atoms with Crippen molar-refractivity contribution in [3.63, 3.8) is 0 Å². The van der Waals surface area contributed by atoms with Gasteiger partial charge < -0.3 is 5.11 Å². The Morgan fingerprint density at radius 1 is 1.56 bits per heavy atom. The van der Waals surface area contributed by atoms with Crippen LogP contribution in [0.3, 0.4) is 0 Å². The van der Waals surface area contributed by atoms with E-state index in [1.54, 1.807) is 0 Å². The molecular weight excluding hydrogens is 254 g/mol. The molecule has 4 atom stereocenters. The van der Waals surface area contributed by atoms with Crippen molar-refractivity contribution in [3.05, 3.63) is 32.5 Å². The van der Waals surface area contributed by atoms with E-state index < -0.39 is 28.4 Å². The molecule has 2 fully saturated rings. The van der Waals surface area contributed by atoms with Gasteiger partial charge in [-0.2, -0.15) is 0 Å². The SMILES string of the molecule is O=C1[C@@H]2CCC[C@@]1(O)[C@@H]([N+](=O)[O-])[C@@H]2c1cccs1. The summed E-state index contributed by atoms with van der Waals surface area (Å²) < 4.78 is 0. The number of nitrogens with zero attached hydrogens (tertiary/aromatic N) is 1. The third kappa shape index (κ3) is 1.39. The highest BCUT2D eigenvalue weighted by Gasteiger charge is 2.68. The lowest BCUT2D eigenvalue weighted by Gasteiger charge is -2.25. The average molecular weight is 267 g/mol. The average Bonchev–Trinajstić information content (AvgIpc) is 2.85. The van der Waals surface area contributed by atoms with Crippen LogP contribution in [-0.4, -0.2) is 27.5 Å². The molecule has 2 saturated carbocycles. The summed E-state index contributed by atoms with van der Waals surface area (Å²) in [7, 11) is 0. The first-order valence-corrected chi connectivity index (χ1v) is 6.87. The summed E-state index contributed by atoms with van der Waals surface area (Å²) in [6, 6.07) is 2.47. The summed E-state index contributed by atoms with van der Waals surface area (Å²) in [5.74, 6) is -1.17. The molecule has 0 amide bonds. The van der Waals surface area contributed by atoms with Crippen LogP contribution in [0.5, 0.6) is 0 Å². The molecule has 6 heteroatoms. The molecule has 2 aliphatic rings. The maximum absolute atomic E-state index is 12.2. The highest BCUT2D eigenvalue weighted by Crippen LogP contribution is 2.52. The zero-order chi connectivity index (χ0) is 12.9. The molecule has 2 bridgehead atoms. The van der Waals surface area contributed by atoms with E-state index in [1.807, 2.05) is 17.5 Å². The molecule has 96 valence electrons. The van der Waals surface area contributed by atoms with Crippen LogP contribution in [-0.2, 0) is 4.79 Å². The van der Waals surface area contributed by atoms with Gasteiger partial charge in [0.05, 0.1) is 5.92 Å². The zero-order valence-corrected chi connectivity index (χ0v) is 10.4. The molecule has 18 heavy (non-hydrogen) atoms. The number of aliphatic hydroxyl groups is 1.